The molecule has 1 saturated heterocycles. The fraction of sp³-hybridized carbons (Fsp3) is 0.647. The van der Waals surface area contributed by atoms with Gasteiger partial charge in [0.15, 0.2) is 0 Å². The molecule has 0 aromatic heterocycles. The van der Waals surface area contributed by atoms with Crippen LogP contribution in [0, 0.1) is 0 Å². The number of hydrogen-bond acceptors (Lipinski definition) is 3. The maximum atomic E-state index is 5.42. The quantitative estimate of drug-likeness (QED) is 0.912. The number of rotatable bonds is 4. The molecule has 3 nitrogen and oxygen atoms in total. The van der Waals surface area contributed by atoms with Crippen LogP contribution in [-0.4, -0.2) is 37.2 Å². The normalized spacial score (nSPS) is 23.6. The third kappa shape index (κ3) is 3.40. The van der Waals surface area contributed by atoms with Crippen LogP contribution in [0.15, 0.2) is 18.2 Å². The fourth-order valence-electron chi connectivity index (χ4n) is 3.30. The number of hydrogen-bond donors (Lipinski definition) is 1. The second-order valence-electron chi connectivity index (χ2n) is 6.06. The van der Waals surface area contributed by atoms with Crippen molar-refractivity contribution in [2.45, 2.75) is 45.3 Å². The predicted molar refractivity (Wildman–Crippen MR) is 81.8 cm³/mol. The van der Waals surface area contributed by atoms with E-state index in [0.29, 0.717) is 6.04 Å². The average Bonchev–Trinajstić information content (AvgIpc) is 2.48. The van der Waals surface area contributed by atoms with E-state index in [1.807, 2.05) is 0 Å². The average molecular weight is 274 g/mol. The number of nitrogens with zero attached hydrogens (tertiary/aromatic N) is 1. The highest BCUT2D eigenvalue weighted by Gasteiger charge is 2.18. The molecule has 20 heavy (non-hydrogen) atoms. The summed E-state index contributed by atoms with van der Waals surface area (Å²) >= 11 is 0. The summed E-state index contributed by atoms with van der Waals surface area (Å²) in [4.78, 5) is 2.50. The third-order valence-electron chi connectivity index (χ3n) is 4.47. The van der Waals surface area contributed by atoms with Crippen molar-refractivity contribution in [2.24, 2.45) is 0 Å². The summed E-state index contributed by atoms with van der Waals surface area (Å²) in [6.45, 7) is 8.28. The summed E-state index contributed by atoms with van der Waals surface area (Å²) in [5.74, 6) is 0. The van der Waals surface area contributed by atoms with Crippen LogP contribution in [-0.2, 0) is 24.2 Å². The number of benzene rings is 1. The molecule has 2 aliphatic rings. The number of ether oxygens (including phenoxy) is 1. The van der Waals surface area contributed by atoms with Gasteiger partial charge >= 0.3 is 0 Å². The van der Waals surface area contributed by atoms with Gasteiger partial charge in [-0.05, 0) is 29.5 Å². The first-order chi connectivity index (χ1) is 9.85. The molecule has 2 heterocycles. The SMILES string of the molecule is CCCC1Cc2cc(CN3CCOCC3)ccc2CN1. The lowest BCUT2D eigenvalue weighted by atomic mass is 9.92. The van der Waals surface area contributed by atoms with Crippen LogP contribution in [0.4, 0.5) is 0 Å². The molecular weight excluding hydrogens is 248 g/mol. The van der Waals surface area contributed by atoms with Gasteiger partial charge < -0.3 is 10.1 Å². The summed E-state index contributed by atoms with van der Waals surface area (Å²) in [6.07, 6.45) is 3.74. The van der Waals surface area contributed by atoms with Crippen LogP contribution in [0.25, 0.3) is 0 Å². The first-order valence-electron chi connectivity index (χ1n) is 7.99. The Balaban J connectivity index is 1.66. The highest BCUT2D eigenvalue weighted by atomic mass is 16.5. The lowest BCUT2D eigenvalue weighted by molar-refractivity contribution is 0.0342. The molecule has 0 saturated carbocycles. The van der Waals surface area contributed by atoms with Crippen LogP contribution in [0.5, 0.6) is 0 Å². The van der Waals surface area contributed by atoms with E-state index in [1.165, 1.54) is 30.4 Å². The lowest BCUT2D eigenvalue weighted by Crippen LogP contribution is -2.36. The molecule has 0 amide bonds. The number of fused-ring (bicyclic) bond motifs is 1. The van der Waals surface area contributed by atoms with Crippen LogP contribution >= 0.6 is 0 Å². The molecule has 1 aromatic carbocycles. The topological polar surface area (TPSA) is 24.5 Å². The van der Waals surface area contributed by atoms with E-state index in [4.69, 9.17) is 4.74 Å². The Labute approximate surface area is 122 Å². The molecule has 1 N–H and O–H groups in total. The highest BCUT2D eigenvalue weighted by molar-refractivity contribution is 5.34. The van der Waals surface area contributed by atoms with Crippen LogP contribution in [0.2, 0.25) is 0 Å². The van der Waals surface area contributed by atoms with E-state index < -0.39 is 0 Å². The van der Waals surface area contributed by atoms with Crippen molar-refractivity contribution >= 4 is 0 Å². The Kier molecular flexibility index (Phi) is 4.71. The van der Waals surface area contributed by atoms with Crippen molar-refractivity contribution in [1.82, 2.24) is 10.2 Å². The molecule has 1 unspecified atom stereocenters. The van der Waals surface area contributed by atoms with E-state index >= 15 is 0 Å². The summed E-state index contributed by atoms with van der Waals surface area (Å²) in [5, 5.41) is 3.65. The molecule has 1 aromatic rings. The van der Waals surface area contributed by atoms with Crippen molar-refractivity contribution < 1.29 is 4.74 Å². The minimum Gasteiger partial charge on any atom is -0.379 e. The van der Waals surface area contributed by atoms with Crippen molar-refractivity contribution in [3.63, 3.8) is 0 Å². The Morgan fingerprint density at radius 1 is 1.25 bits per heavy atom. The van der Waals surface area contributed by atoms with Gasteiger partial charge in [0.1, 0.15) is 0 Å². The van der Waals surface area contributed by atoms with Gasteiger partial charge in [-0.15, -0.1) is 0 Å². The van der Waals surface area contributed by atoms with Gasteiger partial charge in [-0.25, -0.2) is 0 Å². The van der Waals surface area contributed by atoms with Gasteiger partial charge in [0.2, 0.25) is 0 Å². The van der Waals surface area contributed by atoms with E-state index in [0.717, 1.165) is 39.4 Å². The maximum Gasteiger partial charge on any atom is 0.0594 e. The van der Waals surface area contributed by atoms with Crippen molar-refractivity contribution in [3.05, 3.63) is 34.9 Å². The second-order valence-corrected chi connectivity index (χ2v) is 6.06. The van der Waals surface area contributed by atoms with Gasteiger partial charge in [-0.3, -0.25) is 4.90 Å². The summed E-state index contributed by atoms with van der Waals surface area (Å²) in [6, 6.07) is 7.73. The molecular formula is C17H26N2O. The monoisotopic (exact) mass is 274 g/mol. The smallest absolute Gasteiger partial charge is 0.0594 e. The van der Waals surface area contributed by atoms with Gasteiger partial charge in [0.05, 0.1) is 13.2 Å². The van der Waals surface area contributed by atoms with Gasteiger partial charge in [0.25, 0.3) is 0 Å². The van der Waals surface area contributed by atoms with Crippen molar-refractivity contribution in [1.29, 1.82) is 0 Å². The van der Waals surface area contributed by atoms with E-state index in [1.54, 1.807) is 5.56 Å². The first kappa shape index (κ1) is 14.1. The molecule has 0 radical (unpaired) electrons. The second kappa shape index (κ2) is 6.70. The Bertz CT molecular complexity index is 441. The fourth-order valence-corrected chi connectivity index (χ4v) is 3.30. The number of nitrogens with one attached hydrogen (secondary N) is 1. The summed E-state index contributed by atoms with van der Waals surface area (Å²) < 4.78 is 5.42. The van der Waals surface area contributed by atoms with E-state index in [9.17, 15) is 0 Å². The van der Waals surface area contributed by atoms with Gasteiger partial charge in [-0.1, -0.05) is 31.5 Å². The summed E-state index contributed by atoms with van der Waals surface area (Å²) in [5.41, 5.74) is 4.51. The zero-order valence-corrected chi connectivity index (χ0v) is 12.5. The number of morpholine rings is 1. The van der Waals surface area contributed by atoms with E-state index in [-0.39, 0.29) is 0 Å². The van der Waals surface area contributed by atoms with Crippen molar-refractivity contribution in [3.8, 4) is 0 Å². The largest absolute Gasteiger partial charge is 0.379 e. The molecule has 110 valence electrons. The standard InChI is InChI=1S/C17H26N2O/c1-2-3-17-11-16-10-14(4-5-15(16)12-18-17)13-19-6-8-20-9-7-19/h4-5,10,17-18H,2-3,6-9,11-13H2,1H3. The Morgan fingerprint density at radius 3 is 2.90 bits per heavy atom. The van der Waals surface area contributed by atoms with Crippen LogP contribution in [0.3, 0.4) is 0 Å². The van der Waals surface area contributed by atoms with E-state index in [2.05, 4.69) is 35.3 Å². The summed E-state index contributed by atoms with van der Waals surface area (Å²) in [7, 11) is 0. The molecule has 1 atom stereocenters. The molecule has 3 rings (SSSR count). The van der Waals surface area contributed by atoms with Crippen LogP contribution in [0.1, 0.15) is 36.5 Å². The van der Waals surface area contributed by atoms with Gasteiger partial charge in [-0.2, -0.15) is 0 Å². The maximum absolute atomic E-state index is 5.42. The zero-order valence-electron chi connectivity index (χ0n) is 12.5. The molecule has 2 aliphatic heterocycles. The Hall–Kier alpha value is -0.900. The minimum atomic E-state index is 0.672. The van der Waals surface area contributed by atoms with Gasteiger partial charge in [0, 0.05) is 32.2 Å². The van der Waals surface area contributed by atoms with Crippen molar-refractivity contribution in [2.75, 3.05) is 26.3 Å². The molecule has 0 spiro atoms. The third-order valence-corrected chi connectivity index (χ3v) is 4.47. The Morgan fingerprint density at radius 2 is 2.10 bits per heavy atom. The molecule has 1 fully saturated rings. The molecule has 0 aliphatic carbocycles. The lowest BCUT2D eigenvalue weighted by Gasteiger charge is -2.29. The molecule has 3 heteroatoms. The predicted octanol–water partition coefficient (Wildman–Crippen LogP) is 2.33. The molecule has 0 bridgehead atoms. The minimum absolute atomic E-state index is 0.672. The highest BCUT2D eigenvalue weighted by Crippen LogP contribution is 2.21. The van der Waals surface area contributed by atoms with Crippen LogP contribution < -0.4 is 5.32 Å². The first-order valence-corrected chi connectivity index (χ1v) is 7.99. The zero-order chi connectivity index (χ0) is 13.8.